The SMILES string of the molecule is CC(C)C1=C(C(=O)N2CCC[C@H]2CN(C)C)SC2=NC(C)(c3ccc(Cl)cc3)C(c3ccc(Cl)cc3)N21. The molecule has 1 fully saturated rings. The fraction of sp³-hybridized carbons (Fsp3) is 0.448. The van der Waals surface area contributed by atoms with Crippen LogP contribution in [0.2, 0.25) is 10.0 Å². The predicted molar refractivity (Wildman–Crippen MR) is 155 cm³/mol. The van der Waals surface area contributed by atoms with Gasteiger partial charge in [-0.3, -0.25) is 4.79 Å². The first-order valence-corrected chi connectivity index (χ1v) is 14.5. The number of nitrogens with zero attached hydrogens (tertiary/aromatic N) is 4. The zero-order valence-electron chi connectivity index (χ0n) is 22.0. The van der Waals surface area contributed by atoms with Gasteiger partial charge in [-0.1, -0.05) is 61.3 Å². The number of likely N-dealkylation sites (tertiary alicyclic amines) is 1. The molecule has 1 amide bonds. The lowest BCUT2D eigenvalue weighted by Crippen LogP contribution is -2.42. The summed E-state index contributed by atoms with van der Waals surface area (Å²) >= 11 is 14.0. The molecular weight excluding hydrogens is 523 g/mol. The molecule has 37 heavy (non-hydrogen) atoms. The van der Waals surface area contributed by atoms with Crippen LogP contribution in [0.25, 0.3) is 0 Å². The maximum atomic E-state index is 14.1. The van der Waals surface area contributed by atoms with E-state index in [1.807, 2.05) is 24.3 Å². The van der Waals surface area contributed by atoms with E-state index < -0.39 is 5.54 Å². The number of carbonyl (C=O) groups excluding carboxylic acids is 1. The number of aliphatic imine (C=N–C) groups is 1. The molecule has 3 atom stereocenters. The van der Waals surface area contributed by atoms with Crippen molar-refractivity contribution >= 4 is 46.0 Å². The quantitative estimate of drug-likeness (QED) is 0.392. The van der Waals surface area contributed by atoms with Gasteiger partial charge >= 0.3 is 0 Å². The van der Waals surface area contributed by atoms with E-state index in [9.17, 15) is 4.79 Å². The normalized spacial score (nSPS) is 25.5. The van der Waals surface area contributed by atoms with Gasteiger partial charge in [0.05, 0.1) is 6.04 Å². The van der Waals surface area contributed by atoms with Crippen molar-refractivity contribution in [2.45, 2.75) is 51.2 Å². The third kappa shape index (κ3) is 4.82. The number of carbonyl (C=O) groups is 1. The molecule has 1 saturated heterocycles. The maximum Gasteiger partial charge on any atom is 0.262 e. The van der Waals surface area contributed by atoms with Gasteiger partial charge in [0.2, 0.25) is 0 Å². The Hall–Kier alpha value is -1.99. The van der Waals surface area contributed by atoms with Gasteiger partial charge in [-0.25, -0.2) is 4.99 Å². The van der Waals surface area contributed by atoms with E-state index in [0.29, 0.717) is 10.0 Å². The van der Waals surface area contributed by atoms with Crippen molar-refractivity contribution in [1.29, 1.82) is 0 Å². The average molecular weight is 558 g/mol. The number of benzene rings is 2. The molecule has 0 aliphatic carbocycles. The minimum Gasteiger partial charge on any atom is -0.334 e. The molecule has 0 spiro atoms. The first kappa shape index (κ1) is 26.6. The van der Waals surface area contributed by atoms with E-state index >= 15 is 0 Å². The number of allylic oxidation sites excluding steroid dienone is 1. The van der Waals surface area contributed by atoms with Crippen LogP contribution in [0.5, 0.6) is 0 Å². The summed E-state index contributed by atoms with van der Waals surface area (Å²) in [5, 5.41) is 2.28. The Balaban J connectivity index is 1.60. The number of rotatable bonds is 6. The van der Waals surface area contributed by atoms with Crippen LogP contribution >= 0.6 is 35.0 Å². The fourth-order valence-electron chi connectivity index (χ4n) is 5.91. The Kier molecular flexibility index (Phi) is 7.40. The summed E-state index contributed by atoms with van der Waals surface area (Å²) in [5.41, 5.74) is 2.69. The average Bonchev–Trinajstić information content (AvgIpc) is 3.52. The highest BCUT2D eigenvalue weighted by Crippen LogP contribution is 2.56. The molecule has 0 bridgehead atoms. The molecule has 0 saturated carbocycles. The van der Waals surface area contributed by atoms with Crippen molar-refractivity contribution in [3.05, 3.63) is 80.3 Å². The standard InChI is InChI=1S/C29H34Cl2N4OS/c1-18(2)24-25(27(36)34-16-6-7-23(34)17-33(4)5)37-28-32-29(3,20-10-14-22(31)15-11-20)26(35(24)28)19-8-12-21(30)13-9-19/h8-15,18,23,26H,6-7,16-17H2,1-5H3/t23-,26?,29?/m0/s1. The summed E-state index contributed by atoms with van der Waals surface area (Å²) in [7, 11) is 4.15. The number of thioether (sulfide) groups is 1. The molecule has 3 heterocycles. The lowest BCUT2D eigenvalue weighted by Gasteiger charge is -2.37. The Morgan fingerprint density at radius 2 is 1.73 bits per heavy atom. The summed E-state index contributed by atoms with van der Waals surface area (Å²) in [6.07, 6.45) is 2.09. The maximum absolute atomic E-state index is 14.1. The Morgan fingerprint density at radius 1 is 1.11 bits per heavy atom. The minimum absolute atomic E-state index is 0.118. The largest absolute Gasteiger partial charge is 0.334 e. The highest BCUT2D eigenvalue weighted by atomic mass is 35.5. The van der Waals surface area contributed by atoms with Gasteiger partial charge in [0, 0.05) is 34.9 Å². The van der Waals surface area contributed by atoms with Crippen LogP contribution in [0.15, 0.2) is 64.1 Å². The lowest BCUT2D eigenvalue weighted by molar-refractivity contribution is -0.127. The summed E-state index contributed by atoms with van der Waals surface area (Å²) < 4.78 is 0. The van der Waals surface area contributed by atoms with Crippen molar-refractivity contribution in [3.8, 4) is 0 Å². The van der Waals surface area contributed by atoms with Crippen molar-refractivity contribution < 1.29 is 4.79 Å². The van der Waals surface area contributed by atoms with Crippen LogP contribution in [0.3, 0.4) is 0 Å². The third-order valence-corrected chi connectivity index (χ3v) is 9.14. The first-order chi connectivity index (χ1) is 17.6. The summed E-state index contributed by atoms with van der Waals surface area (Å²) in [6, 6.07) is 16.1. The highest BCUT2D eigenvalue weighted by Gasteiger charge is 2.53. The molecule has 5 rings (SSSR count). The zero-order valence-corrected chi connectivity index (χ0v) is 24.4. The number of amides is 1. The second-order valence-corrected chi connectivity index (χ2v) is 12.8. The van der Waals surface area contributed by atoms with Crippen LogP contribution in [-0.4, -0.2) is 59.0 Å². The van der Waals surface area contributed by atoms with E-state index in [-0.39, 0.29) is 23.9 Å². The predicted octanol–water partition coefficient (Wildman–Crippen LogP) is 6.79. The molecule has 3 aliphatic rings. The summed E-state index contributed by atoms with van der Waals surface area (Å²) in [6.45, 7) is 8.21. The van der Waals surface area contributed by atoms with Crippen molar-refractivity contribution in [2.24, 2.45) is 10.9 Å². The van der Waals surface area contributed by atoms with Crippen LogP contribution in [-0.2, 0) is 10.3 Å². The molecular formula is C29H34Cl2N4OS. The molecule has 0 radical (unpaired) electrons. The van der Waals surface area contributed by atoms with E-state index in [0.717, 1.165) is 52.8 Å². The Bertz CT molecular complexity index is 1240. The van der Waals surface area contributed by atoms with Crippen molar-refractivity contribution in [2.75, 3.05) is 27.2 Å². The molecule has 5 nitrogen and oxygen atoms in total. The van der Waals surface area contributed by atoms with Gasteiger partial charge in [-0.15, -0.1) is 0 Å². The van der Waals surface area contributed by atoms with E-state index in [1.54, 1.807) is 0 Å². The summed E-state index contributed by atoms with van der Waals surface area (Å²) in [5.74, 6) is 0.287. The van der Waals surface area contributed by atoms with Crippen LogP contribution in [0, 0.1) is 5.92 Å². The van der Waals surface area contributed by atoms with Crippen LogP contribution in [0.4, 0.5) is 0 Å². The second kappa shape index (κ2) is 10.3. The molecule has 2 unspecified atom stereocenters. The topological polar surface area (TPSA) is 39.2 Å². The van der Waals surface area contributed by atoms with Crippen molar-refractivity contribution in [1.82, 2.24) is 14.7 Å². The van der Waals surface area contributed by atoms with Crippen LogP contribution < -0.4 is 0 Å². The molecule has 2 aromatic rings. The van der Waals surface area contributed by atoms with E-state index in [2.05, 4.69) is 73.8 Å². The van der Waals surface area contributed by atoms with Gasteiger partial charge < -0.3 is 14.7 Å². The molecule has 2 aromatic carbocycles. The Morgan fingerprint density at radius 3 is 2.32 bits per heavy atom. The summed E-state index contributed by atoms with van der Waals surface area (Å²) in [4.78, 5) is 26.8. The number of amidine groups is 1. The van der Waals surface area contributed by atoms with Gasteiger partial charge in [0.15, 0.2) is 5.17 Å². The van der Waals surface area contributed by atoms with E-state index in [1.165, 1.54) is 11.8 Å². The van der Waals surface area contributed by atoms with Gasteiger partial charge in [0.1, 0.15) is 10.4 Å². The molecule has 0 aromatic heterocycles. The smallest absolute Gasteiger partial charge is 0.262 e. The second-order valence-electron chi connectivity index (χ2n) is 10.9. The number of halogens is 2. The van der Waals surface area contributed by atoms with Gasteiger partial charge in [-0.2, -0.15) is 0 Å². The zero-order chi connectivity index (χ0) is 26.5. The minimum atomic E-state index is -0.559. The van der Waals surface area contributed by atoms with Crippen LogP contribution in [0.1, 0.15) is 50.8 Å². The first-order valence-electron chi connectivity index (χ1n) is 12.9. The fourth-order valence-corrected chi connectivity index (χ4v) is 7.52. The highest BCUT2D eigenvalue weighted by molar-refractivity contribution is 8.18. The monoisotopic (exact) mass is 556 g/mol. The number of hydrogen-bond acceptors (Lipinski definition) is 5. The third-order valence-electron chi connectivity index (χ3n) is 7.58. The van der Waals surface area contributed by atoms with E-state index in [4.69, 9.17) is 28.2 Å². The van der Waals surface area contributed by atoms with Crippen molar-refractivity contribution in [3.63, 3.8) is 0 Å². The number of fused-ring (bicyclic) bond motifs is 1. The molecule has 0 N–H and O–H groups in total. The molecule has 3 aliphatic heterocycles. The lowest BCUT2D eigenvalue weighted by atomic mass is 9.81. The molecule has 196 valence electrons. The van der Waals surface area contributed by atoms with Gasteiger partial charge in [-0.05, 0) is 86.9 Å². The Labute approximate surface area is 234 Å². The number of hydrogen-bond donors (Lipinski definition) is 0. The molecule has 8 heteroatoms. The van der Waals surface area contributed by atoms with Gasteiger partial charge in [0.25, 0.3) is 5.91 Å². The number of likely N-dealkylation sites (N-methyl/N-ethyl adjacent to an activating group) is 1.